The molecule has 14 nitrogen and oxygen atoms in total. The molecule has 6 rings (SSSR count). The first-order valence-electron chi connectivity index (χ1n) is 14.0. The summed E-state index contributed by atoms with van der Waals surface area (Å²) in [4.78, 5) is 45.0. The van der Waals surface area contributed by atoms with E-state index in [-0.39, 0.29) is 30.7 Å². The maximum absolute atomic E-state index is 11.5. The van der Waals surface area contributed by atoms with Gasteiger partial charge >= 0.3 is 11.7 Å². The molecular formula is C31H32ClN7O7. The van der Waals surface area contributed by atoms with Gasteiger partial charge in [-0.15, -0.1) is 0 Å². The smallest absolute Gasteiger partial charge is 0.351 e. The summed E-state index contributed by atoms with van der Waals surface area (Å²) in [6.45, 7) is 1.62. The van der Waals surface area contributed by atoms with Gasteiger partial charge < -0.3 is 25.1 Å². The van der Waals surface area contributed by atoms with Crippen LogP contribution in [0.1, 0.15) is 47.8 Å². The Labute approximate surface area is 267 Å². The number of anilines is 1. The van der Waals surface area contributed by atoms with Crippen molar-refractivity contribution in [1.29, 1.82) is 0 Å². The van der Waals surface area contributed by atoms with Gasteiger partial charge in [0.15, 0.2) is 5.58 Å². The lowest BCUT2D eigenvalue weighted by molar-refractivity contribution is -0.138. The number of aliphatic hydroxyl groups is 1. The predicted octanol–water partition coefficient (Wildman–Crippen LogP) is 3.52. The molecule has 0 bridgehead atoms. The number of halogens is 1. The number of aliphatic carboxylic acids is 1. The number of hydrogen-bond acceptors (Lipinski definition) is 11. The number of nitrogens with two attached hydrogens (primary N) is 2. The Morgan fingerprint density at radius 1 is 1.09 bits per heavy atom. The van der Waals surface area contributed by atoms with Crippen LogP contribution in [0.5, 0.6) is 0 Å². The van der Waals surface area contributed by atoms with Gasteiger partial charge in [0.25, 0.3) is 5.91 Å². The Balaban J connectivity index is 0.000000168. The lowest BCUT2D eigenvalue weighted by Gasteiger charge is -2.14. The van der Waals surface area contributed by atoms with Gasteiger partial charge in [-0.1, -0.05) is 17.7 Å². The summed E-state index contributed by atoms with van der Waals surface area (Å²) in [6.07, 6.45) is 5.57. The second kappa shape index (κ2) is 15.7. The van der Waals surface area contributed by atoms with Crippen molar-refractivity contribution in [2.45, 2.75) is 38.0 Å². The van der Waals surface area contributed by atoms with Crippen LogP contribution in [0.2, 0.25) is 5.02 Å². The number of carbonyl (C=O) groups is 2. The molecule has 5 aromatic rings. The molecule has 1 amide bonds. The van der Waals surface area contributed by atoms with E-state index in [1.165, 1.54) is 17.0 Å². The van der Waals surface area contributed by atoms with Crippen LogP contribution >= 0.6 is 11.6 Å². The maximum atomic E-state index is 11.5. The molecule has 1 fully saturated rings. The first kappa shape index (κ1) is 33.7. The van der Waals surface area contributed by atoms with Crippen molar-refractivity contribution in [2.24, 2.45) is 5.84 Å². The van der Waals surface area contributed by atoms with Gasteiger partial charge in [0, 0.05) is 34.7 Å². The van der Waals surface area contributed by atoms with Gasteiger partial charge in [0.05, 0.1) is 18.6 Å². The lowest BCUT2D eigenvalue weighted by atomic mass is 10.0. The summed E-state index contributed by atoms with van der Waals surface area (Å²) in [6, 6.07) is 17.2. The first-order chi connectivity index (χ1) is 22.1. The standard InChI is InChI=1S/C16H12ClNO3.C9H13N3O3.C6H7N3O/c1-9(16(19)20)11-4-7-14-13(8-11)18-15(21-14)10-2-5-12(17)6-3-10;10-7-3-4-12(9(14)11-7)8-2-1-6(5-13)15-8;7-9-6(10)5-1-3-8-4-2-5/h2-9H,1H3,(H,19,20);3-4,6,8,13H,1-2,5H2,(H2,10,11,14);1-4H,7H2,(H,9,10)/t;6-,8+;/m.0./s1. The van der Waals surface area contributed by atoms with Crippen molar-refractivity contribution in [3.05, 3.63) is 106 Å². The van der Waals surface area contributed by atoms with Gasteiger partial charge in [-0.05, 0) is 79.9 Å². The third-order valence-corrected chi connectivity index (χ3v) is 7.15. The zero-order chi connectivity index (χ0) is 33.2. The molecule has 3 aromatic heterocycles. The molecule has 240 valence electrons. The number of oxazole rings is 1. The third-order valence-electron chi connectivity index (χ3n) is 6.90. The minimum atomic E-state index is -0.865. The molecule has 1 aliphatic heterocycles. The zero-order valence-electron chi connectivity index (χ0n) is 24.6. The van der Waals surface area contributed by atoms with Crippen molar-refractivity contribution in [3.8, 4) is 11.5 Å². The fraction of sp³-hybridized carbons (Fsp3) is 0.226. The van der Waals surface area contributed by atoms with Crippen molar-refractivity contribution < 1.29 is 29.0 Å². The number of benzene rings is 2. The fourth-order valence-corrected chi connectivity index (χ4v) is 4.46. The number of nitrogens with zero attached hydrogens (tertiary/aromatic N) is 4. The molecule has 2 aromatic carbocycles. The Kier molecular flexibility index (Phi) is 11.5. The Bertz CT molecular complexity index is 1830. The van der Waals surface area contributed by atoms with Crippen LogP contribution in [-0.4, -0.2) is 54.3 Å². The number of carbonyl (C=O) groups excluding carboxylic acids is 1. The monoisotopic (exact) mass is 649 g/mol. The minimum absolute atomic E-state index is 0.0202. The Morgan fingerprint density at radius 2 is 1.80 bits per heavy atom. The summed E-state index contributed by atoms with van der Waals surface area (Å²) >= 11 is 5.86. The number of fused-ring (bicyclic) bond motifs is 1. The summed E-state index contributed by atoms with van der Waals surface area (Å²) in [5.74, 6) is 3.83. The molecular weight excluding hydrogens is 618 g/mol. The number of aliphatic hydroxyl groups excluding tert-OH is 1. The van der Waals surface area contributed by atoms with E-state index in [4.69, 9.17) is 42.5 Å². The highest BCUT2D eigenvalue weighted by atomic mass is 35.5. The van der Waals surface area contributed by atoms with Crippen molar-refractivity contribution >= 4 is 40.4 Å². The van der Waals surface area contributed by atoms with Crippen LogP contribution in [0.25, 0.3) is 22.6 Å². The van der Waals surface area contributed by atoms with Crippen LogP contribution in [0, 0.1) is 0 Å². The van der Waals surface area contributed by atoms with E-state index in [1.54, 1.807) is 61.7 Å². The highest BCUT2D eigenvalue weighted by molar-refractivity contribution is 6.30. The highest BCUT2D eigenvalue weighted by Crippen LogP contribution is 2.28. The second-order valence-electron chi connectivity index (χ2n) is 10.0. The Morgan fingerprint density at radius 3 is 2.41 bits per heavy atom. The van der Waals surface area contributed by atoms with Gasteiger partial charge in [-0.2, -0.15) is 4.98 Å². The summed E-state index contributed by atoms with van der Waals surface area (Å²) in [5.41, 5.74) is 10.3. The number of carboxylic acids is 1. The second-order valence-corrected chi connectivity index (χ2v) is 10.5. The predicted molar refractivity (Wildman–Crippen MR) is 170 cm³/mol. The van der Waals surface area contributed by atoms with Crippen LogP contribution in [0.15, 0.2) is 88.5 Å². The molecule has 1 aliphatic rings. The van der Waals surface area contributed by atoms with Gasteiger partial charge in [-0.25, -0.2) is 15.6 Å². The molecule has 0 radical (unpaired) electrons. The normalized spacial score (nSPS) is 16.0. The van der Waals surface area contributed by atoms with E-state index >= 15 is 0 Å². The zero-order valence-corrected chi connectivity index (χ0v) is 25.4. The topological polar surface area (TPSA) is 222 Å². The summed E-state index contributed by atoms with van der Waals surface area (Å²) < 4.78 is 12.5. The number of hydrazine groups is 1. The number of nitrogens with one attached hydrogen (secondary N) is 1. The van der Waals surface area contributed by atoms with E-state index in [0.29, 0.717) is 39.6 Å². The SMILES string of the molecule is CC(C(=O)O)c1ccc2oc(-c3ccc(Cl)cc3)nc2c1.NNC(=O)c1ccncc1.Nc1ccn([C@H]2CC[C@@H](CO)O2)c(=O)n1. The Hall–Kier alpha value is -5.15. The van der Waals surface area contributed by atoms with Crippen LogP contribution in [0.3, 0.4) is 0 Å². The summed E-state index contributed by atoms with van der Waals surface area (Å²) in [5, 5.41) is 18.6. The van der Waals surface area contributed by atoms with E-state index in [9.17, 15) is 14.4 Å². The molecule has 1 saturated heterocycles. The largest absolute Gasteiger partial charge is 0.481 e. The number of pyridine rings is 1. The molecule has 0 aliphatic carbocycles. The number of rotatable bonds is 6. The number of hydrogen-bond donors (Lipinski definition) is 5. The van der Waals surface area contributed by atoms with Crippen LogP contribution in [-0.2, 0) is 9.53 Å². The number of aromatic nitrogens is 4. The lowest BCUT2D eigenvalue weighted by Crippen LogP contribution is -2.29. The molecule has 0 saturated carbocycles. The average Bonchev–Trinajstić information content (AvgIpc) is 3.72. The van der Waals surface area contributed by atoms with Gasteiger partial charge in [0.1, 0.15) is 17.6 Å². The molecule has 46 heavy (non-hydrogen) atoms. The van der Waals surface area contributed by atoms with Gasteiger partial charge in [-0.3, -0.25) is 24.6 Å². The maximum Gasteiger partial charge on any atom is 0.351 e. The summed E-state index contributed by atoms with van der Waals surface area (Å²) in [7, 11) is 0. The molecule has 15 heteroatoms. The molecule has 1 unspecified atom stereocenters. The molecule has 4 heterocycles. The third kappa shape index (κ3) is 8.73. The number of nitrogen functional groups attached to an aromatic ring is 2. The minimum Gasteiger partial charge on any atom is -0.481 e. The number of ether oxygens (including phenoxy) is 1. The van der Waals surface area contributed by atoms with E-state index < -0.39 is 17.6 Å². The fourth-order valence-electron chi connectivity index (χ4n) is 4.33. The quantitative estimate of drug-likeness (QED) is 0.101. The molecule has 3 atom stereocenters. The van der Waals surface area contributed by atoms with E-state index in [2.05, 4.69) is 15.0 Å². The molecule has 0 spiro atoms. The highest BCUT2D eigenvalue weighted by Gasteiger charge is 2.26. The number of carboxylic acid groups (broad SMARTS) is 1. The van der Waals surface area contributed by atoms with Crippen LogP contribution < -0.4 is 22.7 Å². The molecule has 7 N–H and O–H groups in total. The average molecular weight is 650 g/mol. The van der Waals surface area contributed by atoms with Crippen molar-refractivity contribution in [1.82, 2.24) is 24.9 Å². The van der Waals surface area contributed by atoms with Crippen molar-refractivity contribution in [2.75, 3.05) is 12.3 Å². The van der Waals surface area contributed by atoms with Crippen LogP contribution in [0.4, 0.5) is 5.82 Å². The number of amides is 1. The van der Waals surface area contributed by atoms with E-state index in [1.807, 2.05) is 17.6 Å². The van der Waals surface area contributed by atoms with Gasteiger partial charge in [0.2, 0.25) is 5.89 Å². The van der Waals surface area contributed by atoms with Crippen molar-refractivity contribution in [3.63, 3.8) is 0 Å². The van der Waals surface area contributed by atoms with E-state index in [0.717, 1.165) is 12.0 Å². The first-order valence-corrected chi connectivity index (χ1v) is 14.4.